The Morgan fingerprint density at radius 3 is 2.50 bits per heavy atom. The second-order valence-electron chi connectivity index (χ2n) is 5.15. The van der Waals surface area contributed by atoms with Crippen molar-refractivity contribution in [1.82, 2.24) is 4.90 Å². The minimum Gasteiger partial charge on any atom is -0.492 e. The molecule has 1 aromatic rings. The summed E-state index contributed by atoms with van der Waals surface area (Å²) < 4.78 is 5.74. The van der Waals surface area contributed by atoms with Crippen molar-refractivity contribution in [3.05, 3.63) is 29.8 Å². The van der Waals surface area contributed by atoms with Gasteiger partial charge in [0, 0.05) is 13.0 Å². The number of nitrogens with zero attached hydrogens (tertiary/aromatic N) is 1. The molecule has 112 valence electrons. The minimum atomic E-state index is 0.521. The highest BCUT2D eigenvalue weighted by Gasteiger charge is 2.00. The monoisotopic (exact) mass is 294 g/mol. The second-order valence-corrected chi connectivity index (χ2v) is 5.67. The van der Waals surface area contributed by atoms with Gasteiger partial charge in [0.15, 0.2) is 0 Å². The Labute approximate surface area is 128 Å². The lowest BCUT2D eigenvalue weighted by molar-refractivity contribution is 0.235. The Hall–Kier alpha value is -1.13. The van der Waals surface area contributed by atoms with Crippen LogP contribution in [0.1, 0.15) is 31.7 Å². The predicted molar refractivity (Wildman–Crippen MR) is 89.4 cm³/mol. The van der Waals surface area contributed by atoms with Gasteiger partial charge in [-0.2, -0.15) is 0 Å². The molecule has 1 aromatic carbocycles. The Morgan fingerprint density at radius 1 is 1.20 bits per heavy atom. The van der Waals surface area contributed by atoms with Crippen LogP contribution in [0.3, 0.4) is 0 Å². The number of thiocarbonyl (C=S) groups is 1. The highest BCUT2D eigenvalue weighted by Crippen LogP contribution is 2.12. The first kappa shape index (κ1) is 16.9. The summed E-state index contributed by atoms with van der Waals surface area (Å²) in [4.78, 5) is 2.84. The zero-order valence-corrected chi connectivity index (χ0v) is 13.4. The molecule has 0 heterocycles. The number of unbranched alkanes of at least 4 members (excludes halogenated alkanes) is 2. The molecule has 2 N–H and O–H groups in total. The Balaban J connectivity index is 2.23. The molecule has 0 spiro atoms. The first-order chi connectivity index (χ1) is 9.61. The Morgan fingerprint density at radius 2 is 1.90 bits per heavy atom. The fraction of sp³-hybridized carbons (Fsp3) is 0.562. The third kappa shape index (κ3) is 7.46. The van der Waals surface area contributed by atoms with E-state index in [1.807, 2.05) is 24.3 Å². The average Bonchev–Trinajstić information content (AvgIpc) is 2.40. The van der Waals surface area contributed by atoms with Crippen molar-refractivity contribution in [2.45, 2.75) is 32.6 Å². The van der Waals surface area contributed by atoms with Crippen LogP contribution in [0.15, 0.2) is 24.3 Å². The van der Waals surface area contributed by atoms with Crippen LogP contribution >= 0.6 is 12.2 Å². The molecule has 0 bridgehead atoms. The summed E-state index contributed by atoms with van der Waals surface area (Å²) in [6.07, 6.45) is 4.48. The number of ether oxygens (including phenoxy) is 1. The van der Waals surface area contributed by atoms with Crippen LogP contribution < -0.4 is 10.5 Å². The van der Waals surface area contributed by atoms with E-state index in [2.05, 4.69) is 18.9 Å². The van der Waals surface area contributed by atoms with E-state index in [0.717, 1.165) is 31.0 Å². The molecule has 0 aromatic heterocycles. The summed E-state index contributed by atoms with van der Waals surface area (Å²) in [5, 5.41) is 0. The van der Waals surface area contributed by atoms with Gasteiger partial charge in [-0.25, -0.2) is 0 Å². The van der Waals surface area contributed by atoms with E-state index >= 15 is 0 Å². The quantitative estimate of drug-likeness (QED) is 0.532. The molecule has 1 rings (SSSR count). The van der Waals surface area contributed by atoms with Crippen molar-refractivity contribution < 1.29 is 4.74 Å². The summed E-state index contributed by atoms with van der Waals surface area (Å²) in [6, 6.07) is 7.98. The maximum Gasteiger partial charge on any atom is 0.119 e. The van der Waals surface area contributed by atoms with Gasteiger partial charge in [0.25, 0.3) is 0 Å². The number of hydrogen-bond acceptors (Lipinski definition) is 3. The summed E-state index contributed by atoms with van der Waals surface area (Å²) in [5.74, 6) is 0.902. The number of likely N-dealkylation sites (N-methyl/N-ethyl adjacent to an activating group) is 1. The molecule has 0 radical (unpaired) electrons. The normalized spacial score (nSPS) is 10.8. The first-order valence-corrected chi connectivity index (χ1v) is 7.71. The first-order valence-electron chi connectivity index (χ1n) is 7.30. The number of rotatable bonds is 10. The van der Waals surface area contributed by atoms with Gasteiger partial charge >= 0.3 is 0 Å². The van der Waals surface area contributed by atoms with E-state index in [9.17, 15) is 0 Å². The van der Waals surface area contributed by atoms with Crippen LogP contribution in [-0.2, 0) is 6.42 Å². The van der Waals surface area contributed by atoms with Crippen LogP contribution in [0.4, 0.5) is 0 Å². The van der Waals surface area contributed by atoms with E-state index in [0.29, 0.717) is 11.4 Å². The summed E-state index contributed by atoms with van der Waals surface area (Å²) in [5.41, 5.74) is 6.65. The van der Waals surface area contributed by atoms with Crippen molar-refractivity contribution in [1.29, 1.82) is 0 Å². The molecular formula is C16H26N2OS. The van der Waals surface area contributed by atoms with Crippen molar-refractivity contribution in [2.24, 2.45) is 5.73 Å². The Kier molecular flexibility index (Phi) is 8.23. The zero-order chi connectivity index (χ0) is 14.8. The van der Waals surface area contributed by atoms with Gasteiger partial charge in [0.1, 0.15) is 12.4 Å². The number of hydrogen-bond donors (Lipinski definition) is 1. The van der Waals surface area contributed by atoms with E-state index < -0.39 is 0 Å². The topological polar surface area (TPSA) is 38.5 Å². The van der Waals surface area contributed by atoms with Crippen LogP contribution in [0.2, 0.25) is 0 Å². The predicted octanol–water partition coefficient (Wildman–Crippen LogP) is 3.02. The largest absolute Gasteiger partial charge is 0.492 e. The second kappa shape index (κ2) is 9.72. The maximum atomic E-state index is 5.74. The molecule has 4 heteroatoms. The molecule has 0 atom stereocenters. The number of nitrogens with two attached hydrogens (primary N) is 1. The van der Waals surface area contributed by atoms with Gasteiger partial charge in [-0.1, -0.05) is 44.1 Å². The lowest BCUT2D eigenvalue weighted by Crippen LogP contribution is -2.25. The van der Waals surface area contributed by atoms with Crippen molar-refractivity contribution in [3.63, 3.8) is 0 Å². The molecule has 3 nitrogen and oxygen atoms in total. The van der Waals surface area contributed by atoms with E-state index in [1.54, 1.807) is 0 Å². The minimum absolute atomic E-state index is 0.521. The highest BCUT2D eigenvalue weighted by atomic mass is 32.1. The van der Waals surface area contributed by atoms with Gasteiger partial charge in [0.05, 0.1) is 4.99 Å². The third-order valence-corrected chi connectivity index (χ3v) is 3.33. The van der Waals surface area contributed by atoms with Gasteiger partial charge in [-0.05, 0) is 37.7 Å². The van der Waals surface area contributed by atoms with Gasteiger partial charge in [0.2, 0.25) is 0 Å². The van der Waals surface area contributed by atoms with Crippen LogP contribution in [0, 0.1) is 0 Å². The van der Waals surface area contributed by atoms with E-state index in [1.165, 1.54) is 19.3 Å². The van der Waals surface area contributed by atoms with Gasteiger partial charge in [-0.3, -0.25) is 0 Å². The molecule has 20 heavy (non-hydrogen) atoms. The molecule has 0 saturated carbocycles. The summed E-state index contributed by atoms with van der Waals surface area (Å²) in [7, 11) is 2.14. The number of benzene rings is 1. The molecule has 0 amide bonds. The molecule has 0 aliphatic heterocycles. The average molecular weight is 294 g/mol. The summed E-state index contributed by atoms with van der Waals surface area (Å²) >= 11 is 4.89. The molecular weight excluding hydrogens is 268 g/mol. The zero-order valence-electron chi connectivity index (χ0n) is 12.6. The lowest BCUT2D eigenvalue weighted by atomic mass is 10.1. The molecule has 0 aliphatic rings. The third-order valence-electron chi connectivity index (χ3n) is 3.19. The van der Waals surface area contributed by atoms with Crippen LogP contribution in [0.5, 0.6) is 5.75 Å². The molecule has 0 unspecified atom stereocenters. The van der Waals surface area contributed by atoms with E-state index in [-0.39, 0.29) is 0 Å². The fourth-order valence-corrected chi connectivity index (χ4v) is 2.13. The van der Waals surface area contributed by atoms with E-state index in [4.69, 9.17) is 22.7 Å². The van der Waals surface area contributed by atoms with Crippen LogP contribution in [0.25, 0.3) is 0 Å². The lowest BCUT2D eigenvalue weighted by Gasteiger charge is -2.16. The molecule has 0 fully saturated rings. The maximum absolute atomic E-state index is 5.74. The fourth-order valence-electron chi connectivity index (χ4n) is 1.97. The Bertz CT molecular complexity index is 392. The molecule has 0 aliphatic carbocycles. The SMILES string of the molecule is CCCCCN(C)CCOc1ccc(CC(N)=S)cc1. The molecule has 0 saturated heterocycles. The standard InChI is InChI=1S/C16H26N2OS/c1-3-4-5-10-18(2)11-12-19-15-8-6-14(7-9-15)13-16(17)20/h6-9H,3-5,10-13H2,1-2H3,(H2,17,20). The highest BCUT2D eigenvalue weighted by molar-refractivity contribution is 7.80. The van der Waals surface area contributed by atoms with Gasteiger partial charge in [-0.15, -0.1) is 0 Å². The van der Waals surface area contributed by atoms with Crippen molar-refractivity contribution >= 4 is 17.2 Å². The summed E-state index contributed by atoms with van der Waals surface area (Å²) in [6.45, 7) is 5.05. The van der Waals surface area contributed by atoms with Crippen molar-refractivity contribution in [3.8, 4) is 5.75 Å². The smallest absolute Gasteiger partial charge is 0.119 e. The van der Waals surface area contributed by atoms with Crippen LogP contribution in [-0.4, -0.2) is 36.6 Å². The van der Waals surface area contributed by atoms with Gasteiger partial charge < -0.3 is 15.4 Å². The van der Waals surface area contributed by atoms with Crippen molar-refractivity contribution in [2.75, 3.05) is 26.7 Å².